The van der Waals surface area contributed by atoms with Gasteiger partial charge in [-0.05, 0) is 13.8 Å². The first kappa shape index (κ1) is 11.7. The molecule has 0 radical (unpaired) electrons. The van der Waals surface area contributed by atoms with Gasteiger partial charge < -0.3 is 5.11 Å². The Balaban J connectivity index is 2.77. The predicted molar refractivity (Wildman–Crippen MR) is 58.6 cm³/mol. The van der Waals surface area contributed by atoms with Gasteiger partial charge in [0.1, 0.15) is 5.54 Å². The van der Waals surface area contributed by atoms with Crippen LogP contribution in [0.3, 0.4) is 0 Å². The molecular weight excluding hydrogens is 228 g/mol. The summed E-state index contributed by atoms with van der Waals surface area (Å²) in [5.41, 5.74) is -2.35. The van der Waals surface area contributed by atoms with E-state index in [0.717, 1.165) is 0 Å². The highest BCUT2D eigenvalue weighted by Gasteiger charge is 2.53. The molecule has 0 bridgehead atoms. The number of hydrogen-bond donors (Lipinski definition) is 1. The molecule has 2 rings (SSSR count). The Morgan fingerprint density at radius 2 is 1.88 bits per heavy atom. The topological polar surface area (TPSA) is 49.7 Å². The number of rotatable bonds is 1. The first-order chi connectivity index (χ1) is 7.77. The van der Waals surface area contributed by atoms with E-state index in [0.29, 0.717) is 0 Å². The molecule has 1 aliphatic rings. The van der Waals surface area contributed by atoms with Gasteiger partial charge in [-0.3, -0.25) is 4.99 Å². The smallest absolute Gasteiger partial charge is 0.354 e. The lowest BCUT2D eigenvalue weighted by molar-refractivity contribution is -0.129. The molecule has 0 unspecified atom stereocenters. The molecule has 0 spiro atoms. The van der Waals surface area contributed by atoms with Crippen LogP contribution in [0.15, 0.2) is 29.3 Å². The summed E-state index contributed by atoms with van der Waals surface area (Å²) in [5.74, 6) is -4.47. The van der Waals surface area contributed by atoms with E-state index in [1.807, 2.05) is 0 Å². The van der Waals surface area contributed by atoms with Crippen molar-refractivity contribution < 1.29 is 18.7 Å². The molecule has 1 aliphatic heterocycles. The quantitative estimate of drug-likeness (QED) is 0.818. The third-order valence-electron chi connectivity index (χ3n) is 2.88. The highest BCUT2D eigenvalue weighted by atomic mass is 19.3. The van der Waals surface area contributed by atoms with Crippen molar-refractivity contribution in [1.29, 1.82) is 0 Å². The SMILES string of the molecule is CC1(C)N=C(C(=O)O)c2ccccc2C1(F)F. The van der Waals surface area contributed by atoms with E-state index < -0.39 is 17.4 Å². The number of fused-ring (bicyclic) bond motifs is 1. The zero-order chi connectivity index (χ0) is 12.8. The molecule has 0 amide bonds. The number of carbonyl (C=O) groups is 1. The molecule has 1 heterocycles. The summed E-state index contributed by atoms with van der Waals surface area (Å²) in [7, 11) is 0. The summed E-state index contributed by atoms with van der Waals surface area (Å²) < 4.78 is 28.2. The van der Waals surface area contributed by atoms with Gasteiger partial charge in [0.2, 0.25) is 0 Å². The average molecular weight is 239 g/mol. The monoisotopic (exact) mass is 239 g/mol. The maximum absolute atomic E-state index is 14.1. The molecule has 1 aromatic carbocycles. The first-order valence-corrected chi connectivity index (χ1v) is 5.08. The zero-order valence-corrected chi connectivity index (χ0v) is 9.37. The summed E-state index contributed by atoms with van der Waals surface area (Å²) in [6.45, 7) is 2.46. The van der Waals surface area contributed by atoms with Crippen molar-refractivity contribution >= 4 is 11.7 Å². The number of halogens is 2. The van der Waals surface area contributed by atoms with Crippen LogP contribution in [0.25, 0.3) is 0 Å². The van der Waals surface area contributed by atoms with Crippen LogP contribution in [-0.2, 0) is 10.7 Å². The van der Waals surface area contributed by atoms with E-state index in [2.05, 4.69) is 4.99 Å². The Kier molecular flexibility index (Phi) is 2.31. The van der Waals surface area contributed by atoms with E-state index in [-0.39, 0.29) is 16.8 Å². The van der Waals surface area contributed by atoms with Crippen LogP contribution in [0.4, 0.5) is 8.78 Å². The van der Waals surface area contributed by atoms with Gasteiger partial charge in [-0.25, -0.2) is 4.79 Å². The molecule has 3 nitrogen and oxygen atoms in total. The fourth-order valence-corrected chi connectivity index (χ4v) is 1.87. The Morgan fingerprint density at radius 3 is 2.47 bits per heavy atom. The second-order valence-electron chi connectivity index (χ2n) is 4.44. The van der Waals surface area contributed by atoms with Crippen LogP contribution < -0.4 is 0 Å². The van der Waals surface area contributed by atoms with Gasteiger partial charge in [0, 0.05) is 11.1 Å². The highest BCUT2D eigenvalue weighted by molar-refractivity contribution is 6.43. The van der Waals surface area contributed by atoms with Crippen molar-refractivity contribution in [1.82, 2.24) is 0 Å². The summed E-state index contributed by atoms with van der Waals surface area (Å²) >= 11 is 0. The Labute approximate surface area is 96.8 Å². The largest absolute Gasteiger partial charge is 0.477 e. The van der Waals surface area contributed by atoms with Crippen LogP contribution >= 0.6 is 0 Å². The number of carboxylic acid groups (broad SMARTS) is 1. The lowest BCUT2D eigenvalue weighted by atomic mass is 9.83. The molecule has 0 saturated carbocycles. The summed E-state index contributed by atoms with van der Waals surface area (Å²) in [4.78, 5) is 14.7. The van der Waals surface area contributed by atoms with Gasteiger partial charge in [-0.2, -0.15) is 8.78 Å². The fourth-order valence-electron chi connectivity index (χ4n) is 1.87. The van der Waals surface area contributed by atoms with Gasteiger partial charge in [0.05, 0.1) is 0 Å². The molecule has 1 aromatic rings. The van der Waals surface area contributed by atoms with Crippen LogP contribution in [0.1, 0.15) is 25.0 Å². The normalized spacial score (nSPS) is 20.4. The maximum atomic E-state index is 14.1. The van der Waals surface area contributed by atoms with E-state index >= 15 is 0 Å². The van der Waals surface area contributed by atoms with Gasteiger partial charge in [-0.1, -0.05) is 24.3 Å². The Hall–Kier alpha value is -1.78. The molecule has 0 aliphatic carbocycles. The van der Waals surface area contributed by atoms with Crippen LogP contribution in [-0.4, -0.2) is 22.3 Å². The van der Waals surface area contributed by atoms with Gasteiger partial charge >= 0.3 is 5.97 Å². The summed E-state index contributed by atoms with van der Waals surface area (Å²) in [6, 6.07) is 5.58. The first-order valence-electron chi connectivity index (χ1n) is 5.08. The summed E-state index contributed by atoms with van der Waals surface area (Å²) in [6.07, 6.45) is 0. The van der Waals surface area contributed by atoms with Gasteiger partial charge in [0.15, 0.2) is 5.71 Å². The number of benzene rings is 1. The molecule has 0 aromatic heterocycles. The van der Waals surface area contributed by atoms with Crippen molar-refractivity contribution in [2.24, 2.45) is 4.99 Å². The second kappa shape index (κ2) is 3.35. The lowest BCUT2D eigenvalue weighted by Crippen LogP contribution is -2.45. The number of carboxylic acids is 1. The van der Waals surface area contributed by atoms with E-state index in [1.54, 1.807) is 0 Å². The number of nitrogens with zero attached hydrogens (tertiary/aromatic N) is 1. The number of aliphatic carboxylic acids is 1. The van der Waals surface area contributed by atoms with Gasteiger partial charge in [-0.15, -0.1) is 0 Å². The van der Waals surface area contributed by atoms with Gasteiger partial charge in [0.25, 0.3) is 5.92 Å². The minimum Gasteiger partial charge on any atom is -0.477 e. The zero-order valence-electron chi connectivity index (χ0n) is 9.37. The summed E-state index contributed by atoms with van der Waals surface area (Å²) in [5, 5.41) is 9.01. The minimum atomic E-state index is -3.18. The van der Waals surface area contributed by atoms with Crippen molar-refractivity contribution in [3.8, 4) is 0 Å². The van der Waals surface area contributed by atoms with E-state index in [4.69, 9.17) is 5.11 Å². The molecule has 0 fully saturated rings. The van der Waals surface area contributed by atoms with Crippen molar-refractivity contribution in [3.63, 3.8) is 0 Å². The van der Waals surface area contributed by atoms with E-state index in [9.17, 15) is 13.6 Å². The molecule has 90 valence electrons. The molecule has 17 heavy (non-hydrogen) atoms. The highest BCUT2D eigenvalue weighted by Crippen LogP contribution is 2.45. The molecule has 0 saturated heterocycles. The Bertz CT molecular complexity index is 521. The number of alkyl halides is 2. The third-order valence-corrected chi connectivity index (χ3v) is 2.88. The van der Waals surface area contributed by atoms with E-state index in [1.165, 1.54) is 38.1 Å². The third kappa shape index (κ3) is 1.53. The fraction of sp³-hybridized carbons (Fsp3) is 0.333. The van der Waals surface area contributed by atoms with Crippen molar-refractivity contribution in [2.45, 2.75) is 25.3 Å². The minimum absolute atomic E-state index is 0.00988. The molecule has 1 N–H and O–H groups in total. The van der Waals surface area contributed by atoms with Crippen LogP contribution in [0.2, 0.25) is 0 Å². The standard InChI is InChI=1S/C12H11F2NO2/c1-11(2)12(13,14)8-6-4-3-5-7(8)9(15-11)10(16)17/h3-6H,1-2H3,(H,16,17). The van der Waals surface area contributed by atoms with Crippen molar-refractivity contribution in [3.05, 3.63) is 35.4 Å². The number of hydrogen-bond acceptors (Lipinski definition) is 2. The average Bonchev–Trinajstić information content (AvgIpc) is 2.24. The molecular formula is C12H11F2NO2. The van der Waals surface area contributed by atoms with Crippen LogP contribution in [0.5, 0.6) is 0 Å². The molecule has 5 heteroatoms. The Morgan fingerprint density at radius 1 is 1.29 bits per heavy atom. The van der Waals surface area contributed by atoms with Crippen LogP contribution in [0, 0.1) is 0 Å². The lowest BCUT2D eigenvalue weighted by Gasteiger charge is -2.36. The second-order valence-corrected chi connectivity index (χ2v) is 4.44. The predicted octanol–water partition coefficient (Wildman–Crippen LogP) is 2.44. The van der Waals surface area contributed by atoms with Crippen molar-refractivity contribution in [2.75, 3.05) is 0 Å². The molecule has 0 atom stereocenters. The maximum Gasteiger partial charge on any atom is 0.354 e. The number of aliphatic imine (C=N–C) groups is 1.